The summed E-state index contributed by atoms with van der Waals surface area (Å²) in [6.07, 6.45) is 6.02. The summed E-state index contributed by atoms with van der Waals surface area (Å²) < 4.78 is 0. The zero-order valence-electron chi connectivity index (χ0n) is 9.44. The fourth-order valence-electron chi connectivity index (χ4n) is 1.92. The summed E-state index contributed by atoms with van der Waals surface area (Å²) >= 11 is 1.32. The lowest BCUT2D eigenvalue weighted by Gasteiger charge is -2.11. The second kappa shape index (κ2) is 5.86. The number of rotatable bonds is 4. The number of nitrogens with zero attached hydrogens (tertiary/aromatic N) is 1. The highest BCUT2D eigenvalue weighted by molar-refractivity contribution is 7.99. The smallest absolute Gasteiger partial charge is 0.345 e. The quantitative estimate of drug-likeness (QED) is 0.618. The first-order valence-electron chi connectivity index (χ1n) is 5.71. The van der Waals surface area contributed by atoms with Gasteiger partial charge in [0.25, 0.3) is 0 Å². The first kappa shape index (κ1) is 12.2. The number of hydrogen-bond donors (Lipinski definition) is 2. The Hall–Kier alpha value is -1.30. The predicted octanol–water partition coefficient (Wildman–Crippen LogP) is 0.921. The maximum Gasteiger partial charge on any atom is 0.345 e. The zero-order chi connectivity index (χ0) is 12.1. The van der Waals surface area contributed by atoms with Crippen LogP contribution in [0.2, 0.25) is 0 Å². The van der Waals surface area contributed by atoms with E-state index in [1.807, 2.05) is 0 Å². The van der Waals surface area contributed by atoms with Gasteiger partial charge in [0.15, 0.2) is 0 Å². The average Bonchev–Trinajstić information content (AvgIpc) is 2.79. The van der Waals surface area contributed by atoms with E-state index < -0.39 is 0 Å². The molecular formula is C11H15N3O2S. The second-order valence-electron chi connectivity index (χ2n) is 4.08. The van der Waals surface area contributed by atoms with Gasteiger partial charge in [-0.25, -0.2) is 9.78 Å². The topological polar surface area (TPSA) is 74.8 Å². The molecule has 1 heterocycles. The van der Waals surface area contributed by atoms with Crippen LogP contribution in [0.25, 0.3) is 0 Å². The molecule has 0 unspecified atom stereocenters. The Labute approximate surface area is 103 Å². The molecule has 0 saturated heterocycles. The van der Waals surface area contributed by atoms with Gasteiger partial charge in [-0.2, -0.15) is 0 Å². The number of nitrogens with one attached hydrogen (secondary N) is 2. The van der Waals surface area contributed by atoms with Crippen LogP contribution in [-0.2, 0) is 4.79 Å². The summed E-state index contributed by atoms with van der Waals surface area (Å²) in [5.74, 6) is 0.357. The van der Waals surface area contributed by atoms with Crippen LogP contribution < -0.4 is 11.0 Å². The van der Waals surface area contributed by atoms with Crippen molar-refractivity contribution in [2.45, 2.75) is 36.8 Å². The number of carbonyl (C=O) groups is 1. The molecule has 5 nitrogen and oxygen atoms in total. The molecule has 1 aromatic heterocycles. The molecule has 1 aromatic rings. The summed E-state index contributed by atoms with van der Waals surface area (Å²) in [6, 6.07) is 2.04. The monoisotopic (exact) mass is 253 g/mol. The van der Waals surface area contributed by atoms with Gasteiger partial charge in [0.1, 0.15) is 0 Å². The fourth-order valence-corrected chi connectivity index (χ4v) is 2.61. The molecule has 0 radical (unpaired) electrons. The van der Waals surface area contributed by atoms with Gasteiger partial charge >= 0.3 is 5.69 Å². The van der Waals surface area contributed by atoms with Crippen molar-refractivity contribution in [2.24, 2.45) is 0 Å². The van der Waals surface area contributed by atoms with Gasteiger partial charge in [-0.15, -0.1) is 0 Å². The maximum absolute atomic E-state index is 11.6. The average molecular weight is 253 g/mol. The Morgan fingerprint density at radius 3 is 3.00 bits per heavy atom. The molecule has 0 aromatic carbocycles. The molecule has 0 aliphatic heterocycles. The molecule has 1 aliphatic rings. The van der Waals surface area contributed by atoms with E-state index in [-0.39, 0.29) is 11.6 Å². The van der Waals surface area contributed by atoms with E-state index in [9.17, 15) is 9.59 Å². The highest BCUT2D eigenvalue weighted by Gasteiger charge is 2.16. The van der Waals surface area contributed by atoms with Gasteiger partial charge in [-0.1, -0.05) is 24.6 Å². The lowest BCUT2D eigenvalue weighted by Crippen LogP contribution is -2.33. The highest BCUT2D eigenvalue weighted by atomic mass is 32.2. The number of hydrogen-bond acceptors (Lipinski definition) is 4. The molecular weight excluding hydrogens is 238 g/mol. The van der Waals surface area contributed by atoms with Gasteiger partial charge in [0.2, 0.25) is 5.91 Å². The third-order valence-corrected chi connectivity index (χ3v) is 3.68. The molecule has 1 saturated carbocycles. The van der Waals surface area contributed by atoms with E-state index in [4.69, 9.17) is 0 Å². The summed E-state index contributed by atoms with van der Waals surface area (Å²) in [5, 5.41) is 3.67. The Balaban J connectivity index is 1.77. The van der Waals surface area contributed by atoms with E-state index in [0.29, 0.717) is 16.8 Å². The van der Waals surface area contributed by atoms with Crippen molar-refractivity contribution in [3.05, 3.63) is 22.7 Å². The molecule has 1 aliphatic carbocycles. The Kier molecular flexibility index (Phi) is 4.19. The van der Waals surface area contributed by atoms with Crippen molar-refractivity contribution >= 4 is 17.7 Å². The lowest BCUT2D eigenvalue weighted by atomic mass is 10.2. The molecule has 0 atom stereocenters. The van der Waals surface area contributed by atoms with Crippen LogP contribution in [-0.4, -0.2) is 27.7 Å². The van der Waals surface area contributed by atoms with Crippen molar-refractivity contribution in [3.63, 3.8) is 0 Å². The summed E-state index contributed by atoms with van der Waals surface area (Å²) in [5.41, 5.74) is -0.383. The minimum absolute atomic E-state index is 0.0274. The Morgan fingerprint density at radius 2 is 2.29 bits per heavy atom. The van der Waals surface area contributed by atoms with Gasteiger partial charge < -0.3 is 10.3 Å². The predicted molar refractivity (Wildman–Crippen MR) is 66.0 cm³/mol. The molecule has 2 rings (SSSR count). The van der Waals surface area contributed by atoms with Crippen molar-refractivity contribution in [2.75, 3.05) is 5.75 Å². The molecule has 1 fully saturated rings. The SMILES string of the molecule is O=C(CSc1ccnc(=O)[nH]1)NC1CCCC1. The lowest BCUT2D eigenvalue weighted by molar-refractivity contribution is -0.119. The summed E-state index contributed by atoms with van der Waals surface area (Å²) in [4.78, 5) is 28.6. The number of aromatic amines is 1. The number of carbonyl (C=O) groups excluding carboxylic acids is 1. The van der Waals surface area contributed by atoms with Crippen LogP contribution in [0.3, 0.4) is 0 Å². The van der Waals surface area contributed by atoms with Crippen LogP contribution in [0, 0.1) is 0 Å². The molecule has 92 valence electrons. The van der Waals surface area contributed by atoms with E-state index in [0.717, 1.165) is 12.8 Å². The molecule has 17 heavy (non-hydrogen) atoms. The van der Waals surface area contributed by atoms with Crippen LogP contribution in [0.5, 0.6) is 0 Å². The van der Waals surface area contributed by atoms with Crippen LogP contribution in [0.1, 0.15) is 25.7 Å². The standard InChI is InChI=1S/C11H15N3O2S/c15-9(13-8-3-1-2-4-8)7-17-10-5-6-12-11(16)14-10/h5-6,8H,1-4,7H2,(H,13,15)(H,12,14,16). The molecule has 0 bridgehead atoms. The highest BCUT2D eigenvalue weighted by Crippen LogP contribution is 2.18. The molecule has 6 heteroatoms. The minimum Gasteiger partial charge on any atom is -0.353 e. The van der Waals surface area contributed by atoms with E-state index in [2.05, 4.69) is 15.3 Å². The van der Waals surface area contributed by atoms with Gasteiger partial charge in [0.05, 0.1) is 10.8 Å². The Bertz CT molecular complexity index is 440. The molecule has 1 amide bonds. The maximum atomic E-state index is 11.6. The number of thioether (sulfide) groups is 1. The van der Waals surface area contributed by atoms with Gasteiger partial charge in [-0.05, 0) is 18.9 Å². The normalized spacial score (nSPS) is 16.0. The third kappa shape index (κ3) is 3.89. The first-order chi connectivity index (χ1) is 8.24. The largest absolute Gasteiger partial charge is 0.353 e. The summed E-state index contributed by atoms with van der Waals surface area (Å²) in [7, 11) is 0. The van der Waals surface area contributed by atoms with Crippen LogP contribution in [0.4, 0.5) is 0 Å². The van der Waals surface area contributed by atoms with Crippen molar-refractivity contribution in [3.8, 4) is 0 Å². The van der Waals surface area contributed by atoms with Crippen LogP contribution >= 0.6 is 11.8 Å². The first-order valence-corrected chi connectivity index (χ1v) is 6.70. The zero-order valence-corrected chi connectivity index (χ0v) is 10.3. The number of H-pyrrole nitrogens is 1. The van der Waals surface area contributed by atoms with Crippen LogP contribution in [0.15, 0.2) is 22.1 Å². The minimum atomic E-state index is -0.383. The fraction of sp³-hybridized carbons (Fsp3) is 0.545. The van der Waals surface area contributed by atoms with Gasteiger partial charge in [-0.3, -0.25) is 4.79 Å². The van der Waals surface area contributed by atoms with Crippen molar-refractivity contribution < 1.29 is 4.79 Å². The second-order valence-corrected chi connectivity index (χ2v) is 5.09. The van der Waals surface area contributed by atoms with E-state index >= 15 is 0 Å². The van der Waals surface area contributed by atoms with Crippen molar-refractivity contribution in [1.82, 2.24) is 15.3 Å². The molecule has 0 spiro atoms. The van der Waals surface area contributed by atoms with Crippen molar-refractivity contribution in [1.29, 1.82) is 0 Å². The molecule has 2 N–H and O–H groups in total. The number of aromatic nitrogens is 2. The van der Waals surface area contributed by atoms with Gasteiger partial charge in [0, 0.05) is 12.2 Å². The Morgan fingerprint density at radius 1 is 1.53 bits per heavy atom. The summed E-state index contributed by atoms with van der Waals surface area (Å²) in [6.45, 7) is 0. The third-order valence-electron chi connectivity index (χ3n) is 2.73. The number of amides is 1. The van der Waals surface area contributed by atoms with E-state index in [1.54, 1.807) is 6.07 Å². The van der Waals surface area contributed by atoms with E-state index in [1.165, 1.54) is 30.8 Å².